The summed E-state index contributed by atoms with van der Waals surface area (Å²) in [5, 5.41) is 9.09. The summed E-state index contributed by atoms with van der Waals surface area (Å²) in [7, 11) is 0. The number of hydrogen-bond donors (Lipinski definition) is 0. The highest BCUT2D eigenvalue weighted by atomic mass is 35.5. The summed E-state index contributed by atoms with van der Waals surface area (Å²) in [6.45, 7) is 1.98. The summed E-state index contributed by atoms with van der Waals surface area (Å²) in [6.07, 6.45) is 3.36. The van der Waals surface area contributed by atoms with E-state index in [1.165, 1.54) is 0 Å². The maximum Gasteiger partial charge on any atom is 0.198 e. The van der Waals surface area contributed by atoms with E-state index in [4.69, 9.17) is 23.2 Å². The van der Waals surface area contributed by atoms with Crippen LogP contribution in [0, 0.1) is 6.92 Å². The van der Waals surface area contributed by atoms with Gasteiger partial charge in [-0.3, -0.25) is 4.40 Å². The smallest absolute Gasteiger partial charge is 0.198 e. The Balaban J connectivity index is 2.29. The molecule has 0 fully saturated rings. The highest BCUT2D eigenvalue weighted by Crippen LogP contribution is 2.28. The van der Waals surface area contributed by atoms with Crippen molar-refractivity contribution in [2.75, 3.05) is 0 Å². The van der Waals surface area contributed by atoms with Crippen molar-refractivity contribution in [2.45, 2.75) is 6.92 Å². The van der Waals surface area contributed by atoms with Crippen molar-refractivity contribution in [3.8, 4) is 11.4 Å². The molecule has 0 aliphatic rings. The molecule has 0 saturated heterocycles. The van der Waals surface area contributed by atoms with E-state index in [0.717, 1.165) is 11.1 Å². The lowest BCUT2D eigenvalue weighted by molar-refractivity contribution is 1.11. The summed E-state index contributed by atoms with van der Waals surface area (Å²) in [6, 6.07) is 5.79. The Hall–Kier alpha value is -1.65. The maximum atomic E-state index is 6.23. The van der Waals surface area contributed by atoms with Crippen LogP contribution in [-0.4, -0.2) is 19.6 Å². The number of rotatable bonds is 1. The van der Waals surface area contributed by atoms with Crippen molar-refractivity contribution in [3.05, 3.63) is 46.3 Å². The maximum absolute atomic E-state index is 6.23. The van der Waals surface area contributed by atoms with Gasteiger partial charge in [-0.05, 0) is 24.6 Å². The van der Waals surface area contributed by atoms with Crippen LogP contribution >= 0.6 is 23.2 Å². The fourth-order valence-electron chi connectivity index (χ4n) is 1.78. The van der Waals surface area contributed by atoms with Crippen molar-refractivity contribution in [2.24, 2.45) is 0 Å². The zero-order valence-electron chi connectivity index (χ0n) is 9.43. The number of nitrogens with zero attached hydrogens (tertiary/aromatic N) is 4. The Kier molecular flexibility index (Phi) is 2.69. The van der Waals surface area contributed by atoms with Crippen LogP contribution in [0.2, 0.25) is 10.2 Å². The van der Waals surface area contributed by atoms with Gasteiger partial charge in [0.15, 0.2) is 16.6 Å². The molecule has 6 heteroatoms. The SMILES string of the molecule is Cc1ccc(-c2nnc3c(Cl)nccn23)c(Cl)c1. The number of benzene rings is 1. The monoisotopic (exact) mass is 278 g/mol. The molecule has 18 heavy (non-hydrogen) atoms. The quantitative estimate of drug-likeness (QED) is 0.685. The number of aromatic nitrogens is 4. The molecule has 2 aromatic heterocycles. The second-order valence-corrected chi connectivity index (χ2v) is 4.68. The van der Waals surface area contributed by atoms with Gasteiger partial charge in [0, 0.05) is 18.0 Å². The van der Waals surface area contributed by atoms with E-state index >= 15 is 0 Å². The van der Waals surface area contributed by atoms with Crippen LogP contribution in [0.25, 0.3) is 17.0 Å². The van der Waals surface area contributed by atoms with Gasteiger partial charge in [-0.2, -0.15) is 0 Å². The van der Waals surface area contributed by atoms with Crippen molar-refractivity contribution >= 4 is 28.8 Å². The third-order valence-electron chi connectivity index (χ3n) is 2.65. The standard InChI is InChI=1S/C12H8Cl2N4/c1-7-2-3-8(9(13)6-7)11-16-17-12-10(14)15-4-5-18(11)12/h2-6H,1H3. The van der Waals surface area contributed by atoms with Crippen LogP contribution in [0.4, 0.5) is 0 Å². The molecule has 3 aromatic rings. The fourth-order valence-corrected chi connectivity index (χ4v) is 2.29. The van der Waals surface area contributed by atoms with Gasteiger partial charge in [0.25, 0.3) is 0 Å². The van der Waals surface area contributed by atoms with Crippen molar-refractivity contribution in [1.29, 1.82) is 0 Å². The topological polar surface area (TPSA) is 43.1 Å². The van der Waals surface area contributed by atoms with E-state index in [9.17, 15) is 0 Å². The number of aryl methyl sites for hydroxylation is 1. The lowest BCUT2D eigenvalue weighted by Gasteiger charge is -2.03. The number of hydrogen-bond acceptors (Lipinski definition) is 3. The molecule has 3 rings (SSSR count). The molecule has 90 valence electrons. The van der Waals surface area contributed by atoms with Gasteiger partial charge in [-0.25, -0.2) is 4.98 Å². The lowest BCUT2D eigenvalue weighted by atomic mass is 10.1. The van der Waals surface area contributed by atoms with Crippen LogP contribution < -0.4 is 0 Å². The van der Waals surface area contributed by atoms with Crippen molar-refractivity contribution < 1.29 is 0 Å². The third-order valence-corrected chi connectivity index (χ3v) is 3.23. The Bertz CT molecular complexity index is 736. The second-order valence-electron chi connectivity index (χ2n) is 3.92. The van der Waals surface area contributed by atoms with E-state index in [-0.39, 0.29) is 0 Å². The molecule has 0 saturated carbocycles. The summed E-state index contributed by atoms with van der Waals surface area (Å²) in [4.78, 5) is 3.96. The molecule has 0 aliphatic heterocycles. The van der Waals surface area contributed by atoms with Gasteiger partial charge < -0.3 is 0 Å². The highest BCUT2D eigenvalue weighted by molar-refractivity contribution is 6.33. The summed E-state index contributed by atoms with van der Waals surface area (Å²) < 4.78 is 1.77. The molecule has 0 bridgehead atoms. The van der Waals surface area contributed by atoms with Gasteiger partial charge in [0.05, 0.1) is 5.02 Å². The summed E-state index contributed by atoms with van der Waals surface area (Å²) >= 11 is 12.2. The molecule has 4 nitrogen and oxygen atoms in total. The molecule has 0 unspecified atom stereocenters. The molecule has 0 N–H and O–H groups in total. The Labute approximate surface area is 113 Å². The molecule has 0 spiro atoms. The van der Waals surface area contributed by atoms with Crippen LogP contribution in [0.15, 0.2) is 30.6 Å². The normalized spacial score (nSPS) is 11.1. The summed E-state index contributed by atoms with van der Waals surface area (Å²) in [5.41, 5.74) is 2.43. The third kappa shape index (κ3) is 1.74. The van der Waals surface area contributed by atoms with Crippen molar-refractivity contribution in [1.82, 2.24) is 19.6 Å². The van der Waals surface area contributed by atoms with Crippen LogP contribution in [-0.2, 0) is 0 Å². The van der Waals surface area contributed by atoms with Crippen molar-refractivity contribution in [3.63, 3.8) is 0 Å². The van der Waals surface area contributed by atoms with Crippen LogP contribution in [0.5, 0.6) is 0 Å². The first-order valence-electron chi connectivity index (χ1n) is 5.28. The van der Waals surface area contributed by atoms with Crippen LogP contribution in [0.1, 0.15) is 5.56 Å². The minimum absolute atomic E-state index is 0.319. The van der Waals surface area contributed by atoms with Crippen LogP contribution in [0.3, 0.4) is 0 Å². The number of fused-ring (bicyclic) bond motifs is 1. The zero-order chi connectivity index (χ0) is 12.7. The average Bonchev–Trinajstić information content (AvgIpc) is 2.74. The molecular formula is C12H8Cl2N4. The van der Waals surface area contributed by atoms with Gasteiger partial charge in [-0.1, -0.05) is 29.3 Å². The largest absolute Gasteiger partial charge is 0.278 e. The average molecular weight is 279 g/mol. The first-order valence-corrected chi connectivity index (χ1v) is 6.04. The van der Waals surface area contributed by atoms with E-state index in [0.29, 0.717) is 21.6 Å². The van der Waals surface area contributed by atoms with Gasteiger partial charge >= 0.3 is 0 Å². The fraction of sp³-hybridized carbons (Fsp3) is 0.0833. The highest BCUT2D eigenvalue weighted by Gasteiger charge is 2.13. The first-order chi connectivity index (χ1) is 8.66. The molecule has 0 aliphatic carbocycles. The molecular weight excluding hydrogens is 271 g/mol. The van der Waals surface area contributed by atoms with E-state index in [1.807, 2.05) is 25.1 Å². The zero-order valence-corrected chi connectivity index (χ0v) is 10.9. The Morgan fingerprint density at radius 3 is 2.78 bits per heavy atom. The van der Waals surface area contributed by atoms with Gasteiger partial charge in [-0.15, -0.1) is 10.2 Å². The molecule has 0 atom stereocenters. The number of halogens is 2. The minimum atomic E-state index is 0.319. The Morgan fingerprint density at radius 1 is 1.17 bits per heavy atom. The van der Waals surface area contributed by atoms with E-state index in [1.54, 1.807) is 16.8 Å². The molecule has 0 radical (unpaired) electrons. The van der Waals surface area contributed by atoms with E-state index in [2.05, 4.69) is 15.2 Å². The summed E-state index contributed by atoms with van der Waals surface area (Å²) in [5.74, 6) is 0.652. The predicted octanol–water partition coefficient (Wildman–Crippen LogP) is 3.41. The molecule has 1 aromatic carbocycles. The second kappa shape index (κ2) is 4.23. The minimum Gasteiger partial charge on any atom is -0.278 e. The molecule has 0 amide bonds. The van der Waals surface area contributed by atoms with Gasteiger partial charge in [0.2, 0.25) is 0 Å². The predicted molar refractivity (Wildman–Crippen MR) is 71.0 cm³/mol. The molecule has 2 heterocycles. The first kappa shape index (κ1) is 11.4. The van der Waals surface area contributed by atoms with E-state index < -0.39 is 0 Å². The van der Waals surface area contributed by atoms with Gasteiger partial charge in [0.1, 0.15) is 0 Å². The lowest BCUT2D eigenvalue weighted by Crippen LogP contribution is -1.91. The Morgan fingerprint density at radius 2 is 2.00 bits per heavy atom.